The molecule has 1 aliphatic heterocycles. The van der Waals surface area contributed by atoms with Crippen molar-refractivity contribution < 1.29 is 30.0 Å². The SMILES string of the molecule is CC(C)C[C@H](N)C(=O)N[C@@H]1[C@@H](O)[C@H](O)[C@@H](CO)O[C@H]1O. The molecule has 8 heteroatoms. The molecule has 0 radical (unpaired) electrons. The highest BCUT2D eigenvalue weighted by Gasteiger charge is 2.44. The standard InChI is InChI=1S/C12H24N2O6/c1-5(2)3-6(13)11(18)14-8-10(17)9(16)7(4-15)20-12(8)19/h5-10,12,15-17,19H,3-4,13H2,1-2H3,(H,14,18)/t6-,7+,8+,9+,10+,12+/m0/s1. The number of ether oxygens (including phenoxy) is 1. The zero-order valence-electron chi connectivity index (χ0n) is 11.6. The van der Waals surface area contributed by atoms with Gasteiger partial charge in [0.05, 0.1) is 12.6 Å². The molecule has 8 nitrogen and oxygen atoms in total. The maximum absolute atomic E-state index is 11.9. The second-order valence-electron chi connectivity index (χ2n) is 5.50. The molecule has 0 aromatic heterocycles. The van der Waals surface area contributed by atoms with E-state index in [2.05, 4.69) is 5.32 Å². The minimum absolute atomic E-state index is 0.220. The van der Waals surface area contributed by atoms with Gasteiger partial charge in [-0.05, 0) is 12.3 Å². The van der Waals surface area contributed by atoms with E-state index in [4.69, 9.17) is 15.6 Å². The smallest absolute Gasteiger partial charge is 0.237 e. The zero-order valence-corrected chi connectivity index (χ0v) is 11.6. The average molecular weight is 292 g/mol. The Morgan fingerprint density at radius 1 is 1.30 bits per heavy atom. The van der Waals surface area contributed by atoms with E-state index in [9.17, 15) is 20.1 Å². The number of nitrogens with two attached hydrogens (primary N) is 1. The van der Waals surface area contributed by atoms with Crippen molar-refractivity contribution in [2.45, 2.75) is 57.0 Å². The summed E-state index contributed by atoms with van der Waals surface area (Å²) >= 11 is 0. The van der Waals surface area contributed by atoms with Gasteiger partial charge in [-0.2, -0.15) is 0 Å². The fraction of sp³-hybridized carbons (Fsp3) is 0.917. The van der Waals surface area contributed by atoms with Crippen LogP contribution < -0.4 is 11.1 Å². The lowest BCUT2D eigenvalue weighted by molar-refractivity contribution is -0.253. The third-order valence-corrected chi connectivity index (χ3v) is 3.27. The summed E-state index contributed by atoms with van der Waals surface area (Å²) < 4.78 is 4.93. The normalized spacial score (nSPS) is 35.9. The Morgan fingerprint density at radius 3 is 2.40 bits per heavy atom. The maximum Gasteiger partial charge on any atom is 0.237 e. The first-order chi connectivity index (χ1) is 9.27. The summed E-state index contributed by atoms with van der Waals surface area (Å²) in [5.74, 6) is -0.322. The Balaban J connectivity index is 2.64. The van der Waals surface area contributed by atoms with Crippen molar-refractivity contribution in [3.05, 3.63) is 0 Å². The van der Waals surface area contributed by atoms with Crippen LogP contribution >= 0.6 is 0 Å². The zero-order chi connectivity index (χ0) is 15.4. The maximum atomic E-state index is 11.9. The molecule has 0 bridgehead atoms. The fourth-order valence-corrected chi connectivity index (χ4v) is 2.14. The molecule has 6 atom stereocenters. The molecule has 0 saturated carbocycles. The van der Waals surface area contributed by atoms with Gasteiger partial charge in [0.25, 0.3) is 0 Å². The molecule has 1 rings (SSSR count). The number of hydrogen-bond acceptors (Lipinski definition) is 7. The predicted octanol–water partition coefficient (Wildman–Crippen LogP) is -2.72. The van der Waals surface area contributed by atoms with Gasteiger partial charge in [0.2, 0.25) is 5.91 Å². The van der Waals surface area contributed by atoms with Crippen LogP contribution in [0.5, 0.6) is 0 Å². The van der Waals surface area contributed by atoms with Crippen molar-refractivity contribution in [1.82, 2.24) is 5.32 Å². The molecule has 118 valence electrons. The summed E-state index contributed by atoms with van der Waals surface area (Å²) in [5, 5.41) is 40.6. The number of carbonyl (C=O) groups is 1. The molecule has 1 fully saturated rings. The summed E-state index contributed by atoms with van der Waals surface area (Å²) in [6.07, 6.45) is -5.03. The molecule has 1 aliphatic rings. The van der Waals surface area contributed by atoms with Crippen LogP contribution in [0.3, 0.4) is 0 Å². The summed E-state index contributed by atoms with van der Waals surface area (Å²) in [4.78, 5) is 11.9. The number of nitrogens with one attached hydrogen (secondary N) is 1. The quantitative estimate of drug-likeness (QED) is 0.323. The van der Waals surface area contributed by atoms with Gasteiger partial charge >= 0.3 is 0 Å². The summed E-state index contributed by atoms with van der Waals surface area (Å²) in [7, 11) is 0. The molecule has 1 saturated heterocycles. The first-order valence-electron chi connectivity index (χ1n) is 6.64. The Hall–Kier alpha value is -0.770. The van der Waals surface area contributed by atoms with Crippen molar-refractivity contribution in [3.63, 3.8) is 0 Å². The number of aliphatic hydroxyl groups is 4. The molecule has 0 unspecified atom stereocenters. The lowest BCUT2D eigenvalue weighted by Gasteiger charge is -2.40. The summed E-state index contributed by atoms with van der Waals surface area (Å²) in [6, 6.07) is -1.97. The number of hydrogen-bond donors (Lipinski definition) is 6. The molecule has 0 aromatic carbocycles. The van der Waals surface area contributed by atoms with Crippen LogP contribution in [0.25, 0.3) is 0 Å². The van der Waals surface area contributed by atoms with E-state index < -0.39 is 49.2 Å². The average Bonchev–Trinajstić information content (AvgIpc) is 2.37. The van der Waals surface area contributed by atoms with E-state index in [1.807, 2.05) is 13.8 Å². The Morgan fingerprint density at radius 2 is 1.90 bits per heavy atom. The van der Waals surface area contributed by atoms with E-state index in [-0.39, 0.29) is 5.92 Å². The van der Waals surface area contributed by atoms with Gasteiger partial charge in [-0.1, -0.05) is 13.8 Å². The largest absolute Gasteiger partial charge is 0.394 e. The fourth-order valence-electron chi connectivity index (χ4n) is 2.14. The molecular weight excluding hydrogens is 268 g/mol. The lowest BCUT2D eigenvalue weighted by atomic mass is 9.96. The van der Waals surface area contributed by atoms with Crippen LogP contribution in [0.15, 0.2) is 0 Å². The van der Waals surface area contributed by atoms with Crippen molar-refractivity contribution in [3.8, 4) is 0 Å². The van der Waals surface area contributed by atoms with Crippen molar-refractivity contribution >= 4 is 5.91 Å². The summed E-state index contributed by atoms with van der Waals surface area (Å²) in [6.45, 7) is 3.27. The van der Waals surface area contributed by atoms with Gasteiger partial charge in [-0.3, -0.25) is 4.79 Å². The van der Waals surface area contributed by atoms with E-state index in [1.54, 1.807) is 0 Å². The minimum atomic E-state index is -1.53. The van der Waals surface area contributed by atoms with Crippen LogP contribution in [-0.2, 0) is 9.53 Å². The van der Waals surface area contributed by atoms with Crippen LogP contribution in [0.1, 0.15) is 20.3 Å². The molecule has 0 aromatic rings. The van der Waals surface area contributed by atoms with Gasteiger partial charge < -0.3 is 36.2 Å². The predicted molar refractivity (Wildman–Crippen MR) is 69.3 cm³/mol. The number of carbonyl (C=O) groups excluding carboxylic acids is 1. The molecule has 20 heavy (non-hydrogen) atoms. The third kappa shape index (κ3) is 4.11. The van der Waals surface area contributed by atoms with E-state index in [1.165, 1.54) is 0 Å². The highest BCUT2D eigenvalue weighted by Crippen LogP contribution is 2.20. The molecular formula is C12H24N2O6. The lowest BCUT2D eigenvalue weighted by Crippen LogP contribution is -2.65. The van der Waals surface area contributed by atoms with Crippen LogP contribution in [0.2, 0.25) is 0 Å². The van der Waals surface area contributed by atoms with Gasteiger partial charge in [0, 0.05) is 0 Å². The molecule has 0 aliphatic carbocycles. The third-order valence-electron chi connectivity index (χ3n) is 3.27. The van der Waals surface area contributed by atoms with Gasteiger partial charge in [-0.25, -0.2) is 0 Å². The van der Waals surface area contributed by atoms with Crippen molar-refractivity contribution in [2.24, 2.45) is 11.7 Å². The summed E-state index contributed by atoms with van der Waals surface area (Å²) in [5.41, 5.74) is 5.70. The number of amides is 1. The van der Waals surface area contributed by atoms with Gasteiger partial charge in [0.15, 0.2) is 6.29 Å². The van der Waals surface area contributed by atoms with E-state index >= 15 is 0 Å². The topological polar surface area (TPSA) is 145 Å². The molecule has 1 heterocycles. The van der Waals surface area contributed by atoms with Gasteiger partial charge in [-0.15, -0.1) is 0 Å². The van der Waals surface area contributed by atoms with Crippen LogP contribution in [-0.4, -0.2) is 69.6 Å². The second kappa shape index (κ2) is 7.30. The van der Waals surface area contributed by atoms with Crippen LogP contribution in [0.4, 0.5) is 0 Å². The molecule has 1 amide bonds. The number of rotatable bonds is 5. The van der Waals surface area contributed by atoms with Crippen molar-refractivity contribution in [2.75, 3.05) is 6.61 Å². The van der Waals surface area contributed by atoms with Crippen molar-refractivity contribution in [1.29, 1.82) is 0 Å². The van der Waals surface area contributed by atoms with E-state index in [0.29, 0.717) is 6.42 Å². The highest BCUT2D eigenvalue weighted by molar-refractivity contribution is 5.81. The molecule has 7 N–H and O–H groups in total. The first-order valence-corrected chi connectivity index (χ1v) is 6.64. The Labute approximate surface area is 117 Å². The molecule has 0 spiro atoms. The first kappa shape index (κ1) is 17.3. The van der Waals surface area contributed by atoms with E-state index in [0.717, 1.165) is 0 Å². The van der Waals surface area contributed by atoms with Gasteiger partial charge in [0.1, 0.15) is 24.4 Å². The number of aliphatic hydroxyl groups excluding tert-OH is 4. The van der Waals surface area contributed by atoms with Crippen LogP contribution in [0, 0.1) is 5.92 Å². The second-order valence-corrected chi connectivity index (χ2v) is 5.50. The highest BCUT2D eigenvalue weighted by atomic mass is 16.6. The monoisotopic (exact) mass is 292 g/mol. The Bertz CT molecular complexity index is 327. The Kier molecular flexibility index (Phi) is 6.31. The minimum Gasteiger partial charge on any atom is -0.394 e.